The lowest BCUT2D eigenvalue weighted by molar-refractivity contribution is -0.140. The smallest absolute Gasteiger partial charge is 0.305 e. The monoisotopic (exact) mass is 213 g/mol. The third-order valence-electron chi connectivity index (χ3n) is 2.04. The van der Waals surface area contributed by atoms with Crippen LogP contribution in [0.15, 0.2) is 0 Å². The van der Waals surface area contributed by atoms with Gasteiger partial charge in [0.05, 0.1) is 7.11 Å². The number of carbonyl (C=O) groups excluding carboxylic acids is 1. The van der Waals surface area contributed by atoms with Gasteiger partial charge in [0.1, 0.15) is 0 Å². The molecule has 0 saturated carbocycles. The Kier molecular flexibility index (Phi) is 4.02. The molecule has 1 aromatic heterocycles. The molecule has 15 heavy (non-hydrogen) atoms. The van der Waals surface area contributed by atoms with Crippen molar-refractivity contribution in [3.63, 3.8) is 0 Å². The van der Waals surface area contributed by atoms with Crippen LogP contribution >= 0.6 is 0 Å². The van der Waals surface area contributed by atoms with Crippen LogP contribution in [0.3, 0.4) is 0 Å². The van der Waals surface area contributed by atoms with Crippen molar-refractivity contribution in [1.82, 2.24) is 20.2 Å². The van der Waals surface area contributed by atoms with Crippen molar-refractivity contribution in [2.75, 3.05) is 25.6 Å². The molecule has 84 valence electrons. The van der Waals surface area contributed by atoms with Gasteiger partial charge >= 0.3 is 5.97 Å². The zero-order valence-electron chi connectivity index (χ0n) is 9.17. The molecule has 1 aromatic rings. The Morgan fingerprint density at radius 3 is 2.87 bits per heavy atom. The molecule has 0 aliphatic heterocycles. The van der Waals surface area contributed by atoms with Crippen LogP contribution in [0.1, 0.15) is 12.8 Å². The average Bonchev–Trinajstić information content (AvgIpc) is 2.64. The number of aryl methyl sites for hydroxylation is 1. The van der Waals surface area contributed by atoms with Gasteiger partial charge in [-0.1, -0.05) is 5.10 Å². The van der Waals surface area contributed by atoms with Gasteiger partial charge in [0.2, 0.25) is 5.95 Å². The van der Waals surface area contributed by atoms with Gasteiger partial charge in [0.25, 0.3) is 0 Å². The van der Waals surface area contributed by atoms with Crippen molar-refractivity contribution in [3.05, 3.63) is 0 Å². The molecule has 0 amide bonds. The molecule has 0 N–H and O–H groups in total. The Labute approximate surface area is 88.0 Å². The van der Waals surface area contributed by atoms with Gasteiger partial charge in [-0.2, -0.15) is 0 Å². The summed E-state index contributed by atoms with van der Waals surface area (Å²) in [5.74, 6) is 0.486. The molecular formula is C8H15N5O2. The average molecular weight is 213 g/mol. The first-order valence-electron chi connectivity index (χ1n) is 4.65. The Morgan fingerprint density at radius 1 is 1.60 bits per heavy atom. The van der Waals surface area contributed by atoms with E-state index in [1.807, 2.05) is 11.9 Å². The van der Waals surface area contributed by atoms with E-state index in [1.165, 1.54) is 7.11 Å². The first-order valence-corrected chi connectivity index (χ1v) is 4.65. The van der Waals surface area contributed by atoms with Crippen LogP contribution in [-0.4, -0.2) is 46.9 Å². The van der Waals surface area contributed by atoms with Crippen molar-refractivity contribution in [3.8, 4) is 0 Å². The largest absolute Gasteiger partial charge is 0.469 e. The van der Waals surface area contributed by atoms with Crippen LogP contribution in [0.25, 0.3) is 0 Å². The molecule has 0 unspecified atom stereocenters. The van der Waals surface area contributed by atoms with E-state index in [0.717, 1.165) is 6.42 Å². The van der Waals surface area contributed by atoms with E-state index >= 15 is 0 Å². The number of rotatable bonds is 5. The predicted molar refractivity (Wildman–Crippen MR) is 53.3 cm³/mol. The van der Waals surface area contributed by atoms with E-state index < -0.39 is 0 Å². The summed E-state index contributed by atoms with van der Waals surface area (Å²) in [5.41, 5.74) is 0. The minimum atomic E-state index is -0.195. The van der Waals surface area contributed by atoms with Crippen molar-refractivity contribution in [2.45, 2.75) is 12.8 Å². The predicted octanol–water partition coefficient (Wildman–Crippen LogP) is -0.401. The summed E-state index contributed by atoms with van der Waals surface area (Å²) in [4.78, 5) is 12.8. The molecule has 0 atom stereocenters. The molecule has 0 aliphatic rings. The summed E-state index contributed by atoms with van der Waals surface area (Å²) < 4.78 is 6.12. The third kappa shape index (κ3) is 3.19. The minimum Gasteiger partial charge on any atom is -0.469 e. The summed E-state index contributed by atoms with van der Waals surface area (Å²) in [6.45, 7) is 0.712. The molecule has 1 rings (SSSR count). The van der Waals surface area contributed by atoms with Crippen molar-refractivity contribution in [1.29, 1.82) is 0 Å². The number of hydrogen-bond acceptors (Lipinski definition) is 6. The van der Waals surface area contributed by atoms with E-state index in [0.29, 0.717) is 18.9 Å². The Hall–Kier alpha value is -1.66. The number of carbonyl (C=O) groups is 1. The number of tetrazole rings is 1. The summed E-state index contributed by atoms with van der Waals surface area (Å²) in [5, 5.41) is 11.1. The molecule has 0 aliphatic carbocycles. The fourth-order valence-electron chi connectivity index (χ4n) is 1.21. The Morgan fingerprint density at radius 2 is 2.33 bits per heavy atom. The number of anilines is 1. The van der Waals surface area contributed by atoms with Gasteiger partial charge in [0.15, 0.2) is 0 Å². The summed E-state index contributed by atoms with van der Waals surface area (Å²) >= 11 is 0. The number of nitrogens with zero attached hydrogens (tertiary/aromatic N) is 5. The number of hydrogen-bond donors (Lipinski definition) is 0. The topological polar surface area (TPSA) is 73.1 Å². The lowest BCUT2D eigenvalue weighted by Gasteiger charge is -2.15. The highest BCUT2D eigenvalue weighted by atomic mass is 16.5. The van der Waals surface area contributed by atoms with Gasteiger partial charge in [-0.15, -0.1) is 0 Å². The zero-order valence-corrected chi connectivity index (χ0v) is 9.17. The molecule has 0 spiro atoms. The lowest BCUT2D eigenvalue weighted by atomic mass is 10.3. The van der Waals surface area contributed by atoms with Gasteiger partial charge in [-0.05, 0) is 16.8 Å². The van der Waals surface area contributed by atoms with Crippen molar-refractivity contribution >= 4 is 11.9 Å². The Balaban J connectivity index is 2.34. The summed E-state index contributed by atoms with van der Waals surface area (Å²) in [6, 6.07) is 0. The second-order valence-electron chi connectivity index (χ2n) is 3.20. The van der Waals surface area contributed by atoms with Gasteiger partial charge < -0.3 is 9.64 Å². The Bertz CT molecular complexity index is 325. The maximum atomic E-state index is 10.9. The second-order valence-corrected chi connectivity index (χ2v) is 3.20. The molecular weight excluding hydrogens is 198 g/mol. The van der Waals surface area contributed by atoms with E-state index in [4.69, 9.17) is 0 Å². The molecule has 0 radical (unpaired) electrons. The standard InChI is InChI=1S/C8H15N5O2/c1-12(6-4-5-7(14)15-3)8-9-10-11-13(8)2/h4-6H2,1-3H3. The zero-order chi connectivity index (χ0) is 11.3. The van der Waals surface area contributed by atoms with Gasteiger partial charge in [0, 0.05) is 27.1 Å². The first kappa shape index (κ1) is 11.4. The third-order valence-corrected chi connectivity index (χ3v) is 2.04. The second kappa shape index (κ2) is 5.28. The maximum Gasteiger partial charge on any atom is 0.305 e. The molecule has 1 heterocycles. The van der Waals surface area contributed by atoms with Gasteiger partial charge in [-0.25, -0.2) is 4.68 Å². The van der Waals surface area contributed by atoms with E-state index in [2.05, 4.69) is 20.3 Å². The van der Waals surface area contributed by atoms with Crippen LogP contribution in [0.5, 0.6) is 0 Å². The van der Waals surface area contributed by atoms with Crippen LogP contribution in [0.2, 0.25) is 0 Å². The number of methoxy groups -OCH3 is 1. The lowest BCUT2D eigenvalue weighted by Crippen LogP contribution is -2.22. The molecule has 7 heteroatoms. The quantitative estimate of drug-likeness (QED) is 0.620. The van der Waals surface area contributed by atoms with Crippen LogP contribution in [0, 0.1) is 0 Å². The van der Waals surface area contributed by atoms with Crippen LogP contribution in [0.4, 0.5) is 5.95 Å². The molecule has 0 aromatic carbocycles. The highest BCUT2D eigenvalue weighted by Crippen LogP contribution is 2.05. The van der Waals surface area contributed by atoms with E-state index in [-0.39, 0.29) is 5.97 Å². The summed E-state index contributed by atoms with van der Waals surface area (Å²) in [6.07, 6.45) is 1.13. The highest BCUT2D eigenvalue weighted by Gasteiger charge is 2.08. The molecule has 7 nitrogen and oxygen atoms in total. The summed E-state index contributed by atoms with van der Waals surface area (Å²) in [7, 11) is 5.04. The first-order chi connectivity index (χ1) is 7.15. The maximum absolute atomic E-state index is 10.9. The molecule has 0 saturated heterocycles. The van der Waals surface area contributed by atoms with Crippen molar-refractivity contribution < 1.29 is 9.53 Å². The SMILES string of the molecule is COC(=O)CCCN(C)c1nnnn1C. The van der Waals surface area contributed by atoms with Crippen molar-refractivity contribution in [2.24, 2.45) is 7.05 Å². The van der Waals surface area contributed by atoms with Gasteiger partial charge in [-0.3, -0.25) is 4.79 Å². The van der Waals surface area contributed by atoms with Crippen LogP contribution < -0.4 is 4.90 Å². The highest BCUT2D eigenvalue weighted by molar-refractivity contribution is 5.69. The van der Waals surface area contributed by atoms with E-state index in [1.54, 1.807) is 11.7 Å². The fourth-order valence-corrected chi connectivity index (χ4v) is 1.21. The minimum absolute atomic E-state index is 0.195. The number of aromatic nitrogens is 4. The number of esters is 1. The van der Waals surface area contributed by atoms with E-state index in [9.17, 15) is 4.79 Å². The van der Waals surface area contributed by atoms with Crippen LogP contribution in [-0.2, 0) is 16.6 Å². The number of ether oxygens (including phenoxy) is 1. The normalized spacial score (nSPS) is 10.1. The fraction of sp³-hybridized carbons (Fsp3) is 0.750. The molecule has 0 bridgehead atoms. The molecule has 0 fully saturated rings.